The number of benzene rings is 2. The Hall–Kier alpha value is -1.61. The van der Waals surface area contributed by atoms with Crippen LogP contribution < -0.4 is 4.90 Å². The molecule has 2 nitrogen and oxygen atoms in total. The van der Waals surface area contributed by atoms with Gasteiger partial charge in [-0.1, -0.05) is 45.8 Å². The van der Waals surface area contributed by atoms with Crippen molar-refractivity contribution in [3.05, 3.63) is 63.6 Å². The van der Waals surface area contributed by atoms with Crippen molar-refractivity contribution in [2.45, 2.75) is 20.3 Å². The zero-order chi connectivity index (χ0) is 15.4. The quantitative estimate of drug-likeness (QED) is 0.727. The standard InChI is InChI=1S/C18H20BrNO/c1-13-4-9-17(14(2)12-13)20(3)11-10-18(21)15-5-7-16(19)8-6-15/h4-9,12H,10-11H2,1-3H3. The fourth-order valence-electron chi connectivity index (χ4n) is 2.40. The number of Topliss-reactive ketones (excluding diaryl/α,β-unsaturated/α-hetero) is 1. The van der Waals surface area contributed by atoms with E-state index in [0.717, 1.165) is 16.6 Å². The van der Waals surface area contributed by atoms with Gasteiger partial charge in [0.2, 0.25) is 0 Å². The highest BCUT2D eigenvalue weighted by Gasteiger charge is 2.09. The average Bonchev–Trinajstić information content (AvgIpc) is 2.45. The first-order valence-corrected chi connectivity index (χ1v) is 7.84. The Balaban J connectivity index is 1.98. The molecule has 0 saturated heterocycles. The maximum atomic E-state index is 12.2. The number of halogens is 1. The first-order valence-electron chi connectivity index (χ1n) is 7.04. The first kappa shape index (κ1) is 15.8. The van der Waals surface area contributed by atoms with Gasteiger partial charge in [0.05, 0.1) is 0 Å². The third-order valence-corrected chi connectivity index (χ3v) is 4.13. The molecule has 0 bridgehead atoms. The van der Waals surface area contributed by atoms with Crippen LogP contribution in [0.1, 0.15) is 27.9 Å². The van der Waals surface area contributed by atoms with Crippen LogP contribution in [0.3, 0.4) is 0 Å². The van der Waals surface area contributed by atoms with Crippen LogP contribution in [0, 0.1) is 13.8 Å². The summed E-state index contributed by atoms with van der Waals surface area (Å²) in [7, 11) is 2.03. The summed E-state index contributed by atoms with van der Waals surface area (Å²) in [6, 6.07) is 13.9. The van der Waals surface area contributed by atoms with Gasteiger partial charge >= 0.3 is 0 Å². The van der Waals surface area contributed by atoms with Crippen molar-refractivity contribution in [3.8, 4) is 0 Å². The number of anilines is 1. The van der Waals surface area contributed by atoms with Crippen molar-refractivity contribution >= 4 is 27.4 Å². The van der Waals surface area contributed by atoms with E-state index in [0.29, 0.717) is 6.42 Å². The van der Waals surface area contributed by atoms with Gasteiger partial charge in [-0.05, 0) is 37.6 Å². The van der Waals surface area contributed by atoms with Crippen LogP contribution in [0.25, 0.3) is 0 Å². The summed E-state index contributed by atoms with van der Waals surface area (Å²) in [5.74, 6) is 0.180. The van der Waals surface area contributed by atoms with Crippen molar-refractivity contribution < 1.29 is 4.79 Å². The molecule has 2 rings (SSSR count). The SMILES string of the molecule is Cc1ccc(N(C)CCC(=O)c2ccc(Br)cc2)c(C)c1. The van der Waals surface area contributed by atoms with E-state index in [4.69, 9.17) is 0 Å². The molecule has 0 N–H and O–H groups in total. The molecule has 2 aromatic carbocycles. The predicted molar refractivity (Wildman–Crippen MR) is 92.3 cm³/mol. The lowest BCUT2D eigenvalue weighted by Gasteiger charge is -2.21. The largest absolute Gasteiger partial charge is 0.374 e. The molecule has 2 aromatic rings. The smallest absolute Gasteiger partial charge is 0.164 e. The van der Waals surface area contributed by atoms with Gasteiger partial charge in [-0.15, -0.1) is 0 Å². The van der Waals surface area contributed by atoms with Gasteiger partial charge in [0.15, 0.2) is 5.78 Å². The summed E-state index contributed by atoms with van der Waals surface area (Å²) in [6.45, 7) is 4.92. The van der Waals surface area contributed by atoms with Crippen LogP contribution in [0.4, 0.5) is 5.69 Å². The van der Waals surface area contributed by atoms with Gasteiger partial charge in [-0.3, -0.25) is 4.79 Å². The number of rotatable bonds is 5. The van der Waals surface area contributed by atoms with Crippen molar-refractivity contribution in [2.24, 2.45) is 0 Å². The lowest BCUT2D eigenvalue weighted by atomic mass is 10.1. The highest BCUT2D eigenvalue weighted by Crippen LogP contribution is 2.20. The molecule has 0 fully saturated rings. The molecule has 0 unspecified atom stereocenters. The van der Waals surface area contributed by atoms with Crippen LogP contribution in [0.15, 0.2) is 46.9 Å². The van der Waals surface area contributed by atoms with Crippen LogP contribution in [-0.2, 0) is 0 Å². The Morgan fingerprint density at radius 2 is 1.76 bits per heavy atom. The molecule has 0 saturated carbocycles. The van der Waals surface area contributed by atoms with Crippen molar-refractivity contribution in [1.29, 1.82) is 0 Å². The third kappa shape index (κ3) is 4.18. The Bertz CT molecular complexity index is 634. The second kappa shape index (κ2) is 6.90. The summed E-state index contributed by atoms with van der Waals surface area (Å²) in [5, 5.41) is 0. The Kier molecular flexibility index (Phi) is 5.18. The molecule has 0 radical (unpaired) electrons. The number of nitrogens with zero attached hydrogens (tertiary/aromatic N) is 1. The van der Waals surface area contributed by atoms with E-state index in [9.17, 15) is 4.79 Å². The minimum Gasteiger partial charge on any atom is -0.374 e. The highest BCUT2D eigenvalue weighted by atomic mass is 79.9. The van der Waals surface area contributed by atoms with Crippen LogP contribution in [-0.4, -0.2) is 19.4 Å². The van der Waals surface area contributed by atoms with Crippen LogP contribution >= 0.6 is 15.9 Å². The van der Waals surface area contributed by atoms with E-state index in [1.165, 1.54) is 16.8 Å². The molecule has 21 heavy (non-hydrogen) atoms. The first-order chi connectivity index (χ1) is 9.97. The van der Waals surface area contributed by atoms with Gasteiger partial charge in [0.1, 0.15) is 0 Å². The molecule has 0 atom stereocenters. The third-order valence-electron chi connectivity index (χ3n) is 3.60. The number of carbonyl (C=O) groups excluding carboxylic acids is 1. The molecule has 0 spiro atoms. The molecular formula is C18H20BrNO. The van der Waals surface area contributed by atoms with Gasteiger partial charge in [0, 0.05) is 35.7 Å². The Morgan fingerprint density at radius 3 is 2.38 bits per heavy atom. The molecule has 3 heteroatoms. The van der Waals surface area contributed by atoms with Crippen molar-refractivity contribution in [1.82, 2.24) is 0 Å². The summed E-state index contributed by atoms with van der Waals surface area (Å²) in [4.78, 5) is 14.3. The minimum atomic E-state index is 0.180. The number of carbonyl (C=O) groups is 1. The number of hydrogen-bond acceptors (Lipinski definition) is 2. The van der Waals surface area contributed by atoms with Gasteiger partial charge in [0.25, 0.3) is 0 Å². The molecule has 0 aliphatic rings. The molecule has 0 amide bonds. The normalized spacial score (nSPS) is 10.5. The Labute approximate surface area is 134 Å². The number of hydrogen-bond donors (Lipinski definition) is 0. The summed E-state index contributed by atoms with van der Waals surface area (Å²) in [5.41, 5.74) is 4.46. The van der Waals surface area contributed by atoms with Gasteiger partial charge in [-0.2, -0.15) is 0 Å². The molecular weight excluding hydrogens is 326 g/mol. The van der Waals surface area contributed by atoms with Gasteiger partial charge < -0.3 is 4.90 Å². The number of ketones is 1. The maximum Gasteiger partial charge on any atom is 0.164 e. The molecule has 0 aliphatic carbocycles. The lowest BCUT2D eigenvalue weighted by molar-refractivity contribution is 0.0985. The highest BCUT2D eigenvalue weighted by molar-refractivity contribution is 9.10. The van der Waals surface area contributed by atoms with E-state index in [-0.39, 0.29) is 5.78 Å². The average molecular weight is 346 g/mol. The van der Waals surface area contributed by atoms with Gasteiger partial charge in [-0.25, -0.2) is 0 Å². The fraction of sp³-hybridized carbons (Fsp3) is 0.278. The second-order valence-electron chi connectivity index (χ2n) is 5.39. The second-order valence-corrected chi connectivity index (χ2v) is 6.31. The summed E-state index contributed by atoms with van der Waals surface area (Å²) in [6.07, 6.45) is 0.519. The maximum absolute atomic E-state index is 12.2. The molecule has 0 aromatic heterocycles. The van der Waals surface area contributed by atoms with E-state index in [1.807, 2.05) is 31.3 Å². The van der Waals surface area contributed by atoms with Crippen molar-refractivity contribution in [3.63, 3.8) is 0 Å². The van der Waals surface area contributed by atoms with Crippen LogP contribution in [0.5, 0.6) is 0 Å². The predicted octanol–water partition coefficient (Wildman–Crippen LogP) is 4.78. The summed E-state index contributed by atoms with van der Waals surface area (Å²) < 4.78 is 0.992. The molecule has 0 heterocycles. The van der Waals surface area contributed by atoms with E-state index >= 15 is 0 Å². The lowest BCUT2D eigenvalue weighted by Crippen LogP contribution is -2.22. The van der Waals surface area contributed by atoms with E-state index < -0.39 is 0 Å². The Morgan fingerprint density at radius 1 is 1.10 bits per heavy atom. The molecule has 0 aliphatic heterocycles. The van der Waals surface area contributed by atoms with Crippen LogP contribution in [0.2, 0.25) is 0 Å². The minimum absolute atomic E-state index is 0.180. The van der Waals surface area contributed by atoms with E-state index in [2.05, 4.69) is 52.9 Å². The zero-order valence-electron chi connectivity index (χ0n) is 12.7. The van der Waals surface area contributed by atoms with Crippen molar-refractivity contribution in [2.75, 3.05) is 18.5 Å². The summed E-state index contributed by atoms with van der Waals surface area (Å²) >= 11 is 3.38. The van der Waals surface area contributed by atoms with E-state index in [1.54, 1.807) is 0 Å². The zero-order valence-corrected chi connectivity index (χ0v) is 14.3. The number of aryl methyl sites for hydroxylation is 2. The molecule has 110 valence electrons. The fourth-order valence-corrected chi connectivity index (χ4v) is 2.67. The monoisotopic (exact) mass is 345 g/mol. The topological polar surface area (TPSA) is 20.3 Å².